The van der Waals surface area contributed by atoms with Gasteiger partial charge in [-0.1, -0.05) is 32.9 Å². The average Bonchev–Trinajstić information content (AvgIpc) is 3.39. The summed E-state index contributed by atoms with van der Waals surface area (Å²) in [5, 5.41) is 0. The third-order valence-electron chi connectivity index (χ3n) is 8.43. The number of carbonyl (C=O) groups excluding carboxylic acids is 5. The number of ketones is 2. The van der Waals surface area contributed by atoms with Gasteiger partial charge in [-0.2, -0.15) is 0 Å². The van der Waals surface area contributed by atoms with Crippen LogP contribution in [0.3, 0.4) is 0 Å². The quantitative estimate of drug-likeness (QED) is 0.350. The molecule has 0 saturated heterocycles. The van der Waals surface area contributed by atoms with E-state index in [0.29, 0.717) is 12.8 Å². The second-order valence-corrected chi connectivity index (χ2v) is 10.6. The number of carbonyl (C=O) groups is 5. The van der Waals surface area contributed by atoms with Gasteiger partial charge in [0.25, 0.3) is 0 Å². The third kappa shape index (κ3) is 3.28. The van der Waals surface area contributed by atoms with Crippen molar-refractivity contribution in [2.75, 3.05) is 0 Å². The first kappa shape index (κ1) is 24.4. The summed E-state index contributed by atoms with van der Waals surface area (Å²) < 4.78 is 16.9. The number of hydrogen-bond donors (Lipinski definition) is 0. The SMILES string of the molecule is C=C1C(C)CCC2(C)C3=C(C(=O)C4(CC4C)C(OC(C)=O)C3=O)C(OC(C)=O)C(OC(C)=O)C12. The number of esters is 3. The molecule has 0 amide bonds. The summed E-state index contributed by atoms with van der Waals surface area (Å²) in [4.78, 5) is 64.5. The van der Waals surface area contributed by atoms with Crippen molar-refractivity contribution in [3.63, 3.8) is 0 Å². The largest absolute Gasteiger partial charge is 0.458 e. The zero-order valence-corrected chi connectivity index (χ0v) is 20.6. The molecule has 0 N–H and O–H groups in total. The predicted molar refractivity (Wildman–Crippen MR) is 119 cm³/mol. The van der Waals surface area contributed by atoms with Crippen LogP contribution in [0, 0.1) is 28.6 Å². The van der Waals surface area contributed by atoms with Crippen molar-refractivity contribution in [2.45, 2.75) is 79.1 Å². The highest BCUT2D eigenvalue weighted by atomic mass is 16.6. The van der Waals surface area contributed by atoms with E-state index in [2.05, 4.69) is 6.58 Å². The van der Waals surface area contributed by atoms with Crippen molar-refractivity contribution in [3.8, 4) is 0 Å². The standard InChI is InChI=1S/C26H32O8/c1-11-8-9-25(7)18(13(11)3)22(33-15(5)28)21(32-14(4)27)17-19(25)20(30)24(34-16(6)29)26(23(17)31)10-12(26)2/h11-12,18,21-22,24H,3,8-10H2,1-2,4-7H3. The maximum Gasteiger partial charge on any atom is 0.303 e. The summed E-state index contributed by atoms with van der Waals surface area (Å²) in [6.07, 6.45) is -1.82. The van der Waals surface area contributed by atoms with Gasteiger partial charge in [0.15, 0.2) is 24.1 Å². The highest BCUT2D eigenvalue weighted by Gasteiger charge is 2.73. The van der Waals surface area contributed by atoms with Crippen molar-refractivity contribution >= 4 is 29.5 Å². The Morgan fingerprint density at radius 3 is 2.03 bits per heavy atom. The Labute approximate surface area is 199 Å². The lowest BCUT2D eigenvalue weighted by molar-refractivity contribution is -0.176. The van der Waals surface area contributed by atoms with E-state index in [1.807, 2.05) is 20.8 Å². The molecule has 8 nitrogen and oxygen atoms in total. The fraction of sp³-hybridized carbons (Fsp3) is 0.654. The van der Waals surface area contributed by atoms with Crippen LogP contribution in [0.25, 0.3) is 0 Å². The monoisotopic (exact) mass is 472 g/mol. The lowest BCUT2D eigenvalue weighted by Gasteiger charge is -2.55. The number of rotatable bonds is 3. The molecule has 2 saturated carbocycles. The first-order valence-corrected chi connectivity index (χ1v) is 11.8. The highest BCUT2D eigenvalue weighted by Crippen LogP contribution is 2.66. The summed E-state index contributed by atoms with van der Waals surface area (Å²) in [5.74, 6) is -3.35. The first-order chi connectivity index (χ1) is 15.8. The van der Waals surface area contributed by atoms with E-state index in [1.165, 1.54) is 20.8 Å². The van der Waals surface area contributed by atoms with Crippen LogP contribution in [0.2, 0.25) is 0 Å². The van der Waals surface area contributed by atoms with E-state index in [4.69, 9.17) is 14.2 Å². The van der Waals surface area contributed by atoms with Gasteiger partial charge in [-0.05, 0) is 31.1 Å². The predicted octanol–water partition coefficient (Wildman–Crippen LogP) is 2.88. The second kappa shape index (κ2) is 7.89. The molecule has 4 aliphatic carbocycles. The van der Waals surface area contributed by atoms with Crippen molar-refractivity contribution in [3.05, 3.63) is 23.3 Å². The van der Waals surface area contributed by atoms with Gasteiger partial charge in [0.1, 0.15) is 0 Å². The topological polar surface area (TPSA) is 113 Å². The summed E-state index contributed by atoms with van der Waals surface area (Å²) >= 11 is 0. The van der Waals surface area contributed by atoms with Crippen LogP contribution in [-0.4, -0.2) is 47.8 Å². The van der Waals surface area contributed by atoms with E-state index in [-0.39, 0.29) is 28.8 Å². The molecule has 0 aliphatic heterocycles. The smallest absolute Gasteiger partial charge is 0.303 e. The first-order valence-electron chi connectivity index (χ1n) is 11.8. The fourth-order valence-electron chi connectivity index (χ4n) is 6.69. The Morgan fingerprint density at radius 1 is 0.971 bits per heavy atom. The summed E-state index contributed by atoms with van der Waals surface area (Å²) in [6, 6.07) is 0. The lowest BCUT2D eigenvalue weighted by atomic mass is 9.50. The molecule has 0 bridgehead atoms. The maximum absolute atomic E-state index is 14.1. The second-order valence-electron chi connectivity index (χ2n) is 10.6. The Balaban J connectivity index is 2.01. The Hall–Kier alpha value is -2.77. The minimum atomic E-state index is -1.24. The van der Waals surface area contributed by atoms with Crippen LogP contribution < -0.4 is 0 Å². The molecule has 0 radical (unpaired) electrons. The third-order valence-corrected chi connectivity index (χ3v) is 8.43. The molecule has 0 aromatic heterocycles. The number of ether oxygens (including phenoxy) is 3. The van der Waals surface area contributed by atoms with Gasteiger partial charge in [0, 0.05) is 43.3 Å². The summed E-state index contributed by atoms with van der Waals surface area (Å²) in [6.45, 7) is 13.7. The van der Waals surface area contributed by atoms with Crippen molar-refractivity contribution < 1.29 is 38.2 Å². The molecule has 8 heteroatoms. The van der Waals surface area contributed by atoms with Crippen LogP contribution in [0.1, 0.15) is 60.8 Å². The van der Waals surface area contributed by atoms with Crippen LogP contribution in [0.5, 0.6) is 0 Å². The molecule has 2 fully saturated rings. The van der Waals surface area contributed by atoms with Crippen molar-refractivity contribution in [1.82, 2.24) is 0 Å². The molecule has 34 heavy (non-hydrogen) atoms. The minimum Gasteiger partial charge on any atom is -0.458 e. The fourth-order valence-corrected chi connectivity index (χ4v) is 6.69. The molecule has 4 aliphatic rings. The normalized spacial score (nSPS) is 40.9. The molecule has 0 aromatic carbocycles. The van der Waals surface area contributed by atoms with Gasteiger partial charge in [-0.15, -0.1) is 0 Å². The minimum absolute atomic E-state index is 0.0738. The molecule has 8 unspecified atom stereocenters. The molecular formula is C26H32O8. The number of Topliss-reactive ketones (excluding diaryl/α,β-unsaturated/α-hetero) is 2. The van der Waals surface area contributed by atoms with Crippen molar-refractivity contribution in [2.24, 2.45) is 28.6 Å². The van der Waals surface area contributed by atoms with Crippen LogP contribution >= 0.6 is 0 Å². The van der Waals surface area contributed by atoms with Crippen LogP contribution in [-0.2, 0) is 38.2 Å². The molecule has 0 heterocycles. The maximum atomic E-state index is 14.1. The zero-order chi connectivity index (χ0) is 25.3. The van der Waals surface area contributed by atoms with E-state index >= 15 is 0 Å². The molecule has 0 aromatic rings. The summed E-state index contributed by atoms with van der Waals surface area (Å²) in [7, 11) is 0. The number of hydrogen-bond acceptors (Lipinski definition) is 8. The van der Waals surface area contributed by atoms with E-state index < -0.39 is 58.8 Å². The molecule has 4 rings (SSSR count). The zero-order valence-electron chi connectivity index (χ0n) is 20.6. The Kier molecular flexibility index (Phi) is 5.65. The van der Waals surface area contributed by atoms with Gasteiger partial charge < -0.3 is 14.2 Å². The van der Waals surface area contributed by atoms with Crippen LogP contribution in [0.4, 0.5) is 0 Å². The lowest BCUT2D eigenvalue weighted by Crippen LogP contribution is -2.62. The van der Waals surface area contributed by atoms with Crippen LogP contribution in [0.15, 0.2) is 23.3 Å². The van der Waals surface area contributed by atoms with E-state index in [1.54, 1.807) is 0 Å². The molecule has 8 atom stereocenters. The van der Waals surface area contributed by atoms with Crippen molar-refractivity contribution in [1.29, 1.82) is 0 Å². The highest BCUT2D eigenvalue weighted by molar-refractivity contribution is 6.20. The van der Waals surface area contributed by atoms with E-state index in [0.717, 1.165) is 12.0 Å². The number of fused-ring (bicyclic) bond motifs is 2. The van der Waals surface area contributed by atoms with E-state index in [9.17, 15) is 24.0 Å². The Morgan fingerprint density at radius 2 is 1.53 bits per heavy atom. The van der Waals surface area contributed by atoms with Gasteiger partial charge in [-0.25, -0.2) is 0 Å². The van der Waals surface area contributed by atoms with Gasteiger partial charge in [-0.3, -0.25) is 24.0 Å². The molecule has 184 valence electrons. The summed E-state index contributed by atoms with van der Waals surface area (Å²) in [5.41, 5.74) is -1.02. The Bertz CT molecular complexity index is 1050. The molecular weight excluding hydrogens is 440 g/mol. The average molecular weight is 473 g/mol. The van der Waals surface area contributed by atoms with Gasteiger partial charge in [0.2, 0.25) is 5.78 Å². The van der Waals surface area contributed by atoms with Gasteiger partial charge >= 0.3 is 17.9 Å². The molecule has 1 spiro atoms. The van der Waals surface area contributed by atoms with Gasteiger partial charge in [0.05, 0.1) is 5.41 Å².